The van der Waals surface area contributed by atoms with E-state index in [1.54, 1.807) is 7.11 Å². The molecule has 4 rings (SSSR count). The molecular weight excluding hydrogens is 409 g/mol. The van der Waals surface area contributed by atoms with Crippen molar-refractivity contribution < 1.29 is 23.6 Å². The maximum absolute atomic E-state index is 13.4. The number of methoxy groups -OCH3 is 1. The predicted octanol–water partition coefficient (Wildman–Crippen LogP) is 2.28. The Morgan fingerprint density at radius 1 is 1.13 bits per heavy atom. The van der Waals surface area contributed by atoms with Gasteiger partial charge in [-0.25, -0.2) is 9.29 Å². The van der Waals surface area contributed by atoms with Gasteiger partial charge in [0.25, 0.3) is 5.91 Å². The zero-order valence-electron chi connectivity index (χ0n) is 16.7. The molecule has 0 unspecified atom stereocenters. The van der Waals surface area contributed by atoms with Crippen LogP contribution < -0.4 is 19.9 Å². The van der Waals surface area contributed by atoms with Gasteiger partial charge in [0.2, 0.25) is 5.91 Å². The number of halogens is 2. The van der Waals surface area contributed by atoms with Crippen molar-refractivity contribution in [3.05, 3.63) is 53.3 Å². The number of imide groups is 1. The molecule has 6 nitrogen and oxygen atoms in total. The average molecular weight is 433 g/mol. The molecule has 0 radical (unpaired) electrons. The second-order valence-corrected chi connectivity index (χ2v) is 8.14. The van der Waals surface area contributed by atoms with Gasteiger partial charge in [0.1, 0.15) is 11.6 Å². The molecule has 0 aliphatic carbocycles. The molecule has 0 bridgehead atoms. The van der Waals surface area contributed by atoms with Gasteiger partial charge in [-0.1, -0.05) is 11.6 Å². The summed E-state index contributed by atoms with van der Waals surface area (Å²) in [6.07, 6.45) is 1.98. The Morgan fingerprint density at radius 3 is 2.47 bits per heavy atom. The lowest BCUT2D eigenvalue weighted by molar-refractivity contribution is -0.919. The van der Waals surface area contributed by atoms with Crippen LogP contribution in [0.5, 0.6) is 5.75 Å². The van der Waals surface area contributed by atoms with Crippen LogP contribution in [0.3, 0.4) is 0 Å². The topological polar surface area (TPSA) is 63.1 Å². The first-order chi connectivity index (χ1) is 14.5. The summed E-state index contributed by atoms with van der Waals surface area (Å²) in [5.41, 5.74) is 1.37. The van der Waals surface area contributed by atoms with Crippen molar-refractivity contribution in [3.63, 3.8) is 0 Å². The number of carbonyl (C=O) groups is 2. The van der Waals surface area contributed by atoms with E-state index in [2.05, 4.69) is 5.32 Å². The van der Waals surface area contributed by atoms with Crippen molar-refractivity contribution in [1.29, 1.82) is 0 Å². The number of anilines is 2. The molecule has 2 amide bonds. The predicted molar refractivity (Wildman–Crippen MR) is 113 cm³/mol. The third kappa shape index (κ3) is 4.13. The second-order valence-electron chi connectivity index (χ2n) is 7.73. The van der Waals surface area contributed by atoms with Gasteiger partial charge in [-0.2, -0.15) is 0 Å². The normalized spacial score (nSPS) is 24.2. The average Bonchev–Trinajstić information content (AvgIpc) is 3.05. The first kappa shape index (κ1) is 20.6. The monoisotopic (exact) mass is 432 g/mol. The summed E-state index contributed by atoms with van der Waals surface area (Å²) in [5, 5.41) is 3.43. The second kappa shape index (κ2) is 8.62. The van der Waals surface area contributed by atoms with Gasteiger partial charge in [0, 0.05) is 24.6 Å². The highest BCUT2D eigenvalue weighted by atomic mass is 35.5. The number of ether oxygens (including phenoxy) is 1. The Morgan fingerprint density at radius 2 is 1.83 bits per heavy atom. The quantitative estimate of drug-likeness (QED) is 0.711. The van der Waals surface area contributed by atoms with Crippen molar-refractivity contribution in [2.75, 3.05) is 30.4 Å². The molecule has 0 saturated carbocycles. The summed E-state index contributed by atoms with van der Waals surface area (Å²) in [4.78, 5) is 27.8. The van der Waals surface area contributed by atoms with E-state index in [4.69, 9.17) is 16.3 Å². The van der Waals surface area contributed by atoms with Crippen LogP contribution in [0, 0.1) is 5.82 Å². The number of likely N-dealkylation sites (tertiary alicyclic amines) is 1. The Hall–Kier alpha value is -2.64. The molecule has 2 aliphatic heterocycles. The summed E-state index contributed by atoms with van der Waals surface area (Å²) in [5.74, 6) is -0.262. The first-order valence-corrected chi connectivity index (χ1v) is 10.4. The lowest BCUT2D eigenvalue weighted by atomic mass is 10.0. The lowest BCUT2D eigenvalue weighted by Crippen LogP contribution is -3.17. The third-order valence-electron chi connectivity index (χ3n) is 5.89. The molecule has 2 saturated heterocycles. The Balaban J connectivity index is 1.37. The van der Waals surface area contributed by atoms with Crippen molar-refractivity contribution in [1.82, 2.24) is 0 Å². The maximum Gasteiger partial charge on any atom is 0.292 e. The zero-order chi connectivity index (χ0) is 21.3. The maximum atomic E-state index is 13.4. The molecule has 2 fully saturated rings. The standard InChI is InChI=1S/C22H23ClFN3O3/c1-30-17-5-2-14(3-6-17)25-15-8-10-26(11-9-15)20-13-21(28)27(22(20)29)16-4-7-19(24)18(23)12-16/h2-7,12,15,20,25H,8-11,13H2,1H3/p+1/t20-/m1/s1. The number of carbonyl (C=O) groups excluding carboxylic acids is 2. The molecule has 158 valence electrons. The summed E-state index contributed by atoms with van der Waals surface area (Å²) >= 11 is 5.83. The summed E-state index contributed by atoms with van der Waals surface area (Å²) in [7, 11) is 1.64. The summed E-state index contributed by atoms with van der Waals surface area (Å²) in [6.45, 7) is 1.60. The minimum atomic E-state index is -0.576. The molecule has 0 spiro atoms. The Labute approximate surface area is 179 Å². The van der Waals surface area contributed by atoms with Crippen LogP contribution in [-0.4, -0.2) is 44.1 Å². The van der Waals surface area contributed by atoms with Gasteiger partial charge in [0.05, 0.1) is 37.3 Å². The molecule has 2 N–H and O–H groups in total. The molecule has 2 aromatic carbocycles. The van der Waals surface area contributed by atoms with E-state index in [1.165, 1.54) is 18.2 Å². The number of amides is 2. The highest BCUT2D eigenvalue weighted by Crippen LogP contribution is 2.27. The van der Waals surface area contributed by atoms with E-state index in [-0.39, 0.29) is 23.3 Å². The number of quaternary nitrogens is 1. The van der Waals surface area contributed by atoms with E-state index in [9.17, 15) is 14.0 Å². The van der Waals surface area contributed by atoms with Gasteiger partial charge in [0.15, 0.2) is 6.04 Å². The zero-order valence-corrected chi connectivity index (χ0v) is 17.4. The fourth-order valence-electron chi connectivity index (χ4n) is 4.25. The number of benzene rings is 2. The fraction of sp³-hybridized carbons (Fsp3) is 0.364. The molecule has 2 heterocycles. The lowest BCUT2D eigenvalue weighted by Gasteiger charge is -2.32. The number of rotatable bonds is 5. The summed E-state index contributed by atoms with van der Waals surface area (Å²) < 4.78 is 18.6. The Kier molecular flexibility index (Phi) is 5.92. The van der Waals surface area contributed by atoms with E-state index >= 15 is 0 Å². The molecule has 8 heteroatoms. The molecule has 2 aliphatic rings. The highest BCUT2D eigenvalue weighted by molar-refractivity contribution is 6.31. The van der Waals surface area contributed by atoms with Crippen molar-refractivity contribution >= 4 is 34.8 Å². The van der Waals surface area contributed by atoms with Crippen molar-refractivity contribution in [2.45, 2.75) is 31.3 Å². The fourth-order valence-corrected chi connectivity index (χ4v) is 4.43. The SMILES string of the molecule is COc1ccc(NC2CC[NH+]([C@@H]3CC(=O)N(c4ccc(F)c(Cl)c4)C3=O)CC2)cc1. The van der Waals surface area contributed by atoms with E-state index in [1.807, 2.05) is 24.3 Å². The van der Waals surface area contributed by atoms with Gasteiger partial charge < -0.3 is 15.0 Å². The van der Waals surface area contributed by atoms with E-state index < -0.39 is 11.9 Å². The smallest absolute Gasteiger partial charge is 0.292 e. The number of nitrogens with one attached hydrogen (secondary N) is 2. The van der Waals surface area contributed by atoms with Gasteiger partial charge in [-0.05, 0) is 42.5 Å². The highest BCUT2D eigenvalue weighted by Gasteiger charge is 2.46. The third-order valence-corrected chi connectivity index (χ3v) is 6.18. The van der Waals surface area contributed by atoms with Crippen LogP contribution in [-0.2, 0) is 9.59 Å². The van der Waals surface area contributed by atoms with Crippen LogP contribution in [0.4, 0.5) is 15.8 Å². The number of piperidine rings is 1. The minimum Gasteiger partial charge on any atom is -0.497 e. The number of hydrogen-bond donors (Lipinski definition) is 2. The number of nitrogens with zero attached hydrogens (tertiary/aromatic N) is 1. The molecule has 1 atom stereocenters. The van der Waals surface area contributed by atoms with E-state index in [0.717, 1.165) is 47.2 Å². The van der Waals surface area contributed by atoms with Gasteiger partial charge >= 0.3 is 0 Å². The van der Waals surface area contributed by atoms with Crippen LogP contribution in [0.15, 0.2) is 42.5 Å². The van der Waals surface area contributed by atoms with Gasteiger partial charge in [-0.3, -0.25) is 9.59 Å². The van der Waals surface area contributed by atoms with E-state index in [0.29, 0.717) is 11.7 Å². The minimum absolute atomic E-state index is 0.102. The molecule has 2 aromatic rings. The summed E-state index contributed by atoms with van der Waals surface area (Å²) in [6, 6.07) is 11.7. The van der Waals surface area contributed by atoms with Crippen LogP contribution in [0.25, 0.3) is 0 Å². The van der Waals surface area contributed by atoms with Crippen LogP contribution in [0.1, 0.15) is 19.3 Å². The number of hydrogen-bond acceptors (Lipinski definition) is 4. The first-order valence-electron chi connectivity index (χ1n) is 10.0. The van der Waals surface area contributed by atoms with Crippen LogP contribution in [0.2, 0.25) is 5.02 Å². The van der Waals surface area contributed by atoms with Gasteiger partial charge in [-0.15, -0.1) is 0 Å². The van der Waals surface area contributed by atoms with Crippen molar-refractivity contribution in [3.8, 4) is 5.75 Å². The van der Waals surface area contributed by atoms with Crippen molar-refractivity contribution in [2.24, 2.45) is 0 Å². The molecule has 0 aromatic heterocycles. The largest absolute Gasteiger partial charge is 0.497 e. The molecule has 30 heavy (non-hydrogen) atoms. The molecular formula is C22H24ClFN3O3+. The van der Waals surface area contributed by atoms with Crippen LogP contribution >= 0.6 is 11.6 Å². The Bertz CT molecular complexity index is 945.